The van der Waals surface area contributed by atoms with E-state index in [1.807, 2.05) is 32.0 Å². The highest BCUT2D eigenvalue weighted by Gasteiger charge is 2.03. The van der Waals surface area contributed by atoms with Crippen LogP contribution >= 0.6 is 0 Å². The Morgan fingerprint density at radius 1 is 1.44 bits per heavy atom. The van der Waals surface area contributed by atoms with E-state index >= 15 is 0 Å². The lowest BCUT2D eigenvalue weighted by atomic mass is 10.1. The van der Waals surface area contributed by atoms with Crippen molar-refractivity contribution in [1.29, 1.82) is 0 Å². The van der Waals surface area contributed by atoms with Gasteiger partial charge < -0.3 is 10.6 Å². The molecule has 0 radical (unpaired) electrons. The Hall–Kier alpha value is -1.61. The predicted octanol–water partition coefficient (Wildman–Crippen LogP) is 2.02. The molecule has 86 valence electrons. The number of hydrogen-bond donors (Lipinski definition) is 2. The monoisotopic (exact) mass is 218 g/mol. The molecule has 0 aliphatic heterocycles. The highest BCUT2D eigenvalue weighted by molar-refractivity contribution is 5.93. The van der Waals surface area contributed by atoms with Crippen LogP contribution < -0.4 is 10.6 Å². The summed E-state index contributed by atoms with van der Waals surface area (Å²) in [4.78, 5) is 11.5. The molecule has 1 aromatic rings. The fraction of sp³-hybridized carbons (Fsp3) is 0.308. The second kappa shape index (κ2) is 6.08. The van der Waals surface area contributed by atoms with E-state index in [9.17, 15) is 4.79 Å². The van der Waals surface area contributed by atoms with Crippen molar-refractivity contribution in [3.63, 3.8) is 0 Å². The van der Waals surface area contributed by atoms with Crippen molar-refractivity contribution in [2.24, 2.45) is 0 Å². The third kappa shape index (κ3) is 3.87. The van der Waals surface area contributed by atoms with Crippen LogP contribution in [0.4, 0.5) is 5.69 Å². The molecule has 3 heteroatoms. The van der Waals surface area contributed by atoms with Gasteiger partial charge in [0.15, 0.2) is 0 Å². The normalized spacial score (nSPS) is 9.88. The lowest BCUT2D eigenvalue weighted by Gasteiger charge is -2.09. The van der Waals surface area contributed by atoms with Crippen LogP contribution in [-0.2, 0) is 4.79 Å². The van der Waals surface area contributed by atoms with E-state index in [-0.39, 0.29) is 5.91 Å². The molecule has 0 saturated carbocycles. The summed E-state index contributed by atoms with van der Waals surface area (Å²) in [5.41, 5.74) is 3.09. The Kier molecular flexibility index (Phi) is 4.73. The molecule has 16 heavy (non-hydrogen) atoms. The smallest absolute Gasteiger partial charge is 0.238 e. The zero-order valence-corrected chi connectivity index (χ0v) is 9.84. The van der Waals surface area contributed by atoms with Crippen LogP contribution in [-0.4, -0.2) is 19.0 Å². The minimum absolute atomic E-state index is 0.0319. The molecular formula is C13H18N2O. The summed E-state index contributed by atoms with van der Waals surface area (Å²) in [6.07, 6.45) is 1.73. The third-order valence-corrected chi connectivity index (χ3v) is 2.24. The van der Waals surface area contributed by atoms with Crippen LogP contribution in [0.2, 0.25) is 0 Å². The lowest BCUT2D eigenvalue weighted by Crippen LogP contribution is -2.28. The molecule has 1 rings (SSSR count). The molecule has 0 aliphatic rings. The molecule has 2 N–H and O–H groups in total. The van der Waals surface area contributed by atoms with Gasteiger partial charge in [-0.25, -0.2) is 0 Å². The number of hydrogen-bond acceptors (Lipinski definition) is 2. The first kappa shape index (κ1) is 12.5. The molecule has 0 heterocycles. The van der Waals surface area contributed by atoms with Crippen LogP contribution in [0.3, 0.4) is 0 Å². The summed E-state index contributed by atoms with van der Waals surface area (Å²) in [6, 6.07) is 6.00. The van der Waals surface area contributed by atoms with E-state index in [1.165, 1.54) is 0 Å². The minimum Gasteiger partial charge on any atom is -0.325 e. The van der Waals surface area contributed by atoms with Gasteiger partial charge in [-0.2, -0.15) is 0 Å². The maximum absolute atomic E-state index is 11.5. The van der Waals surface area contributed by atoms with Crippen LogP contribution in [0.5, 0.6) is 0 Å². The molecule has 0 aliphatic carbocycles. The Bertz CT molecular complexity index is 386. The summed E-state index contributed by atoms with van der Waals surface area (Å²) in [7, 11) is 0. The molecule has 0 bridgehead atoms. The molecule has 1 aromatic carbocycles. The average molecular weight is 218 g/mol. The summed E-state index contributed by atoms with van der Waals surface area (Å²) >= 11 is 0. The van der Waals surface area contributed by atoms with E-state index in [1.54, 1.807) is 6.08 Å². The highest BCUT2D eigenvalue weighted by atomic mass is 16.1. The number of rotatable bonds is 5. The maximum atomic E-state index is 11.5. The molecule has 3 nitrogen and oxygen atoms in total. The van der Waals surface area contributed by atoms with E-state index in [4.69, 9.17) is 0 Å². The molecule has 1 amide bonds. The van der Waals surface area contributed by atoms with Gasteiger partial charge in [0.1, 0.15) is 0 Å². The first-order chi connectivity index (χ1) is 7.63. The fourth-order valence-electron chi connectivity index (χ4n) is 1.35. The third-order valence-electron chi connectivity index (χ3n) is 2.24. The van der Waals surface area contributed by atoms with Gasteiger partial charge in [0, 0.05) is 12.2 Å². The quantitative estimate of drug-likeness (QED) is 0.586. The van der Waals surface area contributed by atoms with Gasteiger partial charge in [-0.05, 0) is 31.0 Å². The van der Waals surface area contributed by atoms with Crippen LogP contribution in [0.15, 0.2) is 30.9 Å². The molecule has 0 saturated heterocycles. The predicted molar refractivity (Wildman–Crippen MR) is 67.6 cm³/mol. The Labute approximate surface area is 96.6 Å². The maximum Gasteiger partial charge on any atom is 0.238 e. The van der Waals surface area contributed by atoms with Gasteiger partial charge in [-0.15, -0.1) is 6.58 Å². The van der Waals surface area contributed by atoms with E-state index in [0.717, 1.165) is 16.8 Å². The SMILES string of the molecule is C=CCNCC(=O)Nc1cc(C)ccc1C. The number of carbonyl (C=O) groups is 1. The van der Waals surface area contributed by atoms with Crippen molar-refractivity contribution < 1.29 is 4.79 Å². The van der Waals surface area contributed by atoms with Crippen molar-refractivity contribution in [1.82, 2.24) is 5.32 Å². The van der Waals surface area contributed by atoms with E-state index in [2.05, 4.69) is 17.2 Å². The number of anilines is 1. The standard InChI is InChI=1S/C13H18N2O/c1-4-7-14-9-13(16)15-12-8-10(2)5-6-11(12)3/h4-6,8,14H,1,7,9H2,2-3H3,(H,15,16). The van der Waals surface area contributed by atoms with Crippen molar-refractivity contribution in [3.05, 3.63) is 42.0 Å². The van der Waals surface area contributed by atoms with Crippen molar-refractivity contribution in [2.45, 2.75) is 13.8 Å². The van der Waals surface area contributed by atoms with Crippen molar-refractivity contribution >= 4 is 11.6 Å². The summed E-state index contributed by atoms with van der Waals surface area (Å²) in [5.74, 6) is -0.0319. The molecule has 0 aromatic heterocycles. The summed E-state index contributed by atoms with van der Waals surface area (Å²) < 4.78 is 0. The minimum atomic E-state index is -0.0319. The Morgan fingerprint density at radius 3 is 2.88 bits per heavy atom. The molecule has 0 spiro atoms. The highest BCUT2D eigenvalue weighted by Crippen LogP contribution is 2.15. The van der Waals surface area contributed by atoms with Crippen LogP contribution in [0.25, 0.3) is 0 Å². The zero-order valence-electron chi connectivity index (χ0n) is 9.84. The van der Waals surface area contributed by atoms with Gasteiger partial charge in [0.2, 0.25) is 5.91 Å². The van der Waals surface area contributed by atoms with Gasteiger partial charge in [0.25, 0.3) is 0 Å². The molecule has 0 atom stereocenters. The molecular weight excluding hydrogens is 200 g/mol. The van der Waals surface area contributed by atoms with Gasteiger partial charge in [0.05, 0.1) is 6.54 Å². The first-order valence-electron chi connectivity index (χ1n) is 5.32. The lowest BCUT2D eigenvalue weighted by molar-refractivity contribution is -0.115. The second-order valence-electron chi connectivity index (χ2n) is 3.79. The van der Waals surface area contributed by atoms with Gasteiger partial charge in [-0.1, -0.05) is 18.2 Å². The zero-order chi connectivity index (χ0) is 12.0. The van der Waals surface area contributed by atoms with Gasteiger partial charge >= 0.3 is 0 Å². The van der Waals surface area contributed by atoms with Crippen LogP contribution in [0, 0.1) is 13.8 Å². The number of nitrogens with one attached hydrogen (secondary N) is 2. The fourth-order valence-corrected chi connectivity index (χ4v) is 1.35. The number of benzene rings is 1. The summed E-state index contributed by atoms with van der Waals surface area (Å²) in [6.45, 7) is 8.50. The largest absolute Gasteiger partial charge is 0.325 e. The average Bonchev–Trinajstić information content (AvgIpc) is 2.24. The first-order valence-corrected chi connectivity index (χ1v) is 5.32. The molecule has 0 fully saturated rings. The molecule has 0 unspecified atom stereocenters. The van der Waals surface area contributed by atoms with Gasteiger partial charge in [-0.3, -0.25) is 4.79 Å². The number of carbonyl (C=O) groups excluding carboxylic acids is 1. The van der Waals surface area contributed by atoms with E-state index in [0.29, 0.717) is 13.1 Å². The summed E-state index contributed by atoms with van der Waals surface area (Å²) in [5, 5.41) is 5.83. The van der Waals surface area contributed by atoms with Crippen molar-refractivity contribution in [3.8, 4) is 0 Å². The van der Waals surface area contributed by atoms with Crippen LogP contribution in [0.1, 0.15) is 11.1 Å². The second-order valence-corrected chi connectivity index (χ2v) is 3.79. The topological polar surface area (TPSA) is 41.1 Å². The number of aryl methyl sites for hydroxylation is 2. The van der Waals surface area contributed by atoms with Crippen molar-refractivity contribution in [2.75, 3.05) is 18.4 Å². The van der Waals surface area contributed by atoms with E-state index < -0.39 is 0 Å². The Balaban J connectivity index is 2.55. The Morgan fingerprint density at radius 2 is 2.19 bits per heavy atom. The number of amides is 1.